The molecule has 0 spiro atoms. The van der Waals surface area contributed by atoms with Gasteiger partial charge in [0, 0.05) is 19.8 Å². The Bertz CT molecular complexity index is 617. The SMILES string of the molecule is CN(C)Nc1ncnc(Nc2ccc(Cl)c(Cl)c2)c1N. The second kappa shape index (κ2) is 6.13. The molecule has 0 aliphatic rings. The van der Waals surface area contributed by atoms with E-state index in [1.165, 1.54) is 6.33 Å². The summed E-state index contributed by atoms with van der Waals surface area (Å²) in [6, 6.07) is 5.18. The maximum Gasteiger partial charge on any atom is 0.169 e. The van der Waals surface area contributed by atoms with E-state index in [1.807, 2.05) is 14.1 Å². The van der Waals surface area contributed by atoms with Crippen LogP contribution in [0.15, 0.2) is 24.5 Å². The first-order valence-electron chi connectivity index (χ1n) is 5.74. The van der Waals surface area contributed by atoms with Crippen molar-refractivity contribution in [3.8, 4) is 0 Å². The zero-order valence-corrected chi connectivity index (χ0v) is 12.5. The smallest absolute Gasteiger partial charge is 0.169 e. The van der Waals surface area contributed by atoms with Crippen molar-refractivity contribution in [2.24, 2.45) is 0 Å². The van der Waals surface area contributed by atoms with Crippen molar-refractivity contribution < 1.29 is 0 Å². The van der Waals surface area contributed by atoms with Crippen LogP contribution in [0.2, 0.25) is 10.0 Å². The van der Waals surface area contributed by atoms with E-state index in [-0.39, 0.29) is 0 Å². The molecule has 0 amide bonds. The third kappa shape index (κ3) is 3.41. The second-order valence-electron chi connectivity index (χ2n) is 4.24. The Hall–Kier alpha value is -1.76. The summed E-state index contributed by atoms with van der Waals surface area (Å²) in [5.41, 5.74) is 10.1. The van der Waals surface area contributed by atoms with Gasteiger partial charge in [0.1, 0.15) is 12.0 Å². The molecule has 0 fully saturated rings. The number of hydrogen-bond acceptors (Lipinski definition) is 6. The van der Waals surface area contributed by atoms with E-state index in [1.54, 1.807) is 23.2 Å². The van der Waals surface area contributed by atoms with E-state index in [0.717, 1.165) is 5.69 Å². The Morgan fingerprint density at radius 2 is 1.80 bits per heavy atom. The fourth-order valence-electron chi connectivity index (χ4n) is 1.51. The molecule has 106 valence electrons. The number of rotatable bonds is 4. The summed E-state index contributed by atoms with van der Waals surface area (Å²) in [7, 11) is 3.68. The van der Waals surface area contributed by atoms with Crippen molar-refractivity contribution in [3.05, 3.63) is 34.6 Å². The van der Waals surface area contributed by atoms with Crippen molar-refractivity contribution in [1.29, 1.82) is 0 Å². The van der Waals surface area contributed by atoms with Crippen LogP contribution in [0.5, 0.6) is 0 Å². The highest BCUT2D eigenvalue weighted by molar-refractivity contribution is 6.42. The third-order valence-corrected chi connectivity index (χ3v) is 3.13. The van der Waals surface area contributed by atoms with Crippen LogP contribution in [-0.4, -0.2) is 29.1 Å². The van der Waals surface area contributed by atoms with Crippen molar-refractivity contribution in [2.75, 3.05) is 30.6 Å². The lowest BCUT2D eigenvalue weighted by molar-refractivity contribution is 0.492. The highest BCUT2D eigenvalue weighted by Gasteiger charge is 2.09. The molecule has 0 bridgehead atoms. The van der Waals surface area contributed by atoms with E-state index in [2.05, 4.69) is 20.7 Å². The standard InChI is InChI=1S/C12H14Cl2N6/c1-20(2)19-12-10(15)11(16-6-17-12)18-7-3-4-8(13)9(14)5-7/h3-6H,15H2,1-2H3,(H2,16,17,18,19). The Morgan fingerprint density at radius 3 is 2.45 bits per heavy atom. The normalized spacial score (nSPS) is 10.7. The molecule has 1 aromatic heterocycles. The Labute approximate surface area is 126 Å². The number of nitrogens with two attached hydrogens (primary N) is 1. The molecule has 0 aliphatic carbocycles. The van der Waals surface area contributed by atoms with E-state index >= 15 is 0 Å². The summed E-state index contributed by atoms with van der Waals surface area (Å²) < 4.78 is 0. The zero-order valence-electron chi connectivity index (χ0n) is 11.0. The second-order valence-corrected chi connectivity index (χ2v) is 5.06. The highest BCUT2D eigenvalue weighted by Crippen LogP contribution is 2.29. The molecular weight excluding hydrogens is 299 g/mol. The van der Waals surface area contributed by atoms with Gasteiger partial charge in [-0.3, -0.25) is 0 Å². The summed E-state index contributed by atoms with van der Waals surface area (Å²) >= 11 is 11.8. The Kier molecular flexibility index (Phi) is 4.49. The van der Waals surface area contributed by atoms with Crippen LogP contribution >= 0.6 is 23.2 Å². The van der Waals surface area contributed by atoms with E-state index < -0.39 is 0 Å². The van der Waals surface area contributed by atoms with Crippen molar-refractivity contribution in [3.63, 3.8) is 0 Å². The van der Waals surface area contributed by atoms with Crippen molar-refractivity contribution >= 4 is 46.2 Å². The minimum atomic E-state index is 0.410. The van der Waals surface area contributed by atoms with Gasteiger partial charge >= 0.3 is 0 Å². The van der Waals surface area contributed by atoms with Gasteiger partial charge in [-0.2, -0.15) is 0 Å². The van der Waals surface area contributed by atoms with Crippen LogP contribution < -0.4 is 16.5 Å². The molecule has 0 saturated heterocycles. The summed E-state index contributed by atoms with van der Waals surface area (Å²) in [4.78, 5) is 8.19. The van der Waals surface area contributed by atoms with Gasteiger partial charge in [0.05, 0.1) is 10.0 Å². The largest absolute Gasteiger partial charge is 0.393 e. The van der Waals surface area contributed by atoms with Crippen LogP contribution in [0, 0.1) is 0 Å². The van der Waals surface area contributed by atoms with E-state index in [9.17, 15) is 0 Å². The van der Waals surface area contributed by atoms with Crippen LogP contribution in [0.3, 0.4) is 0 Å². The van der Waals surface area contributed by atoms with Gasteiger partial charge in [0.15, 0.2) is 11.6 Å². The van der Waals surface area contributed by atoms with Crippen LogP contribution in [-0.2, 0) is 0 Å². The average Bonchev–Trinajstić information content (AvgIpc) is 2.38. The fourth-order valence-corrected chi connectivity index (χ4v) is 1.80. The van der Waals surface area contributed by atoms with Crippen LogP contribution in [0.1, 0.15) is 0 Å². The number of nitrogens with zero attached hydrogens (tertiary/aromatic N) is 3. The molecule has 0 radical (unpaired) electrons. The molecule has 20 heavy (non-hydrogen) atoms. The summed E-state index contributed by atoms with van der Waals surface area (Å²) in [6.45, 7) is 0. The van der Waals surface area contributed by atoms with Crippen LogP contribution in [0.4, 0.5) is 23.0 Å². The molecular formula is C12H14Cl2N6. The molecule has 2 aromatic rings. The first-order chi connectivity index (χ1) is 9.47. The van der Waals surface area contributed by atoms with Gasteiger partial charge in [0.2, 0.25) is 0 Å². The minimum Gasteiger partial charge on any atom is -0.393 e. The lowest BCUT2D eigenvalue weighted by Crippen LogP contribution is -2.21. The Balaban J connectivity index is 2.27. The fraction of sp³-hybridized carbons (Fsp3) is 0.167. The van der Waals surface area contributed by atoms with Crippen molar-refractivity contribution in [2.45, 2.75) is 0 Å². The number of hydrazine groups is 1. The van der Waals surface area contributed by atoms with E-state index in [4.69, 9.17) is 28.9 Å². The maximum absolute atomic E-state index is 6.01. The molecule has 8 heteroatoms. The summed E-state index contributed by atoms with van der Waals surface area (Å²) in [5.74, 6) is 1.01. The molecule has 2 rings (SSSR count). The first kappa shape index (κ1) is 14.6. The lowest BCUT2D eigenvalue weighted by atomic mass is 10.3. The van der Waals surface area contributed by atoms with Crippen molar-refractivity contribution in [1.82, 2.24) is 15.0 Å². The first-order valence-corrected chi connectivity index (χ1v) is 6.49. The number of halogens is 2. The molecule has 0 unspecified atom stereocenters. The quantitative estimate of drug-likeness (QED) is 0.753. The molecule has 4 N–H and O–H groups in total. The molecule has 1 heterocycles. The average molecular weight is 313 g/mol. The maximum atomic E-state index is 6.01. The number of nitrogen functional groups attached to an aromatic ring is 1. The third-order valence-electron chi connectivity index (χ3n) is 2.40. The molecule has 6 nitrogen and oxygen atoms in total. The number of benzene rings is 1. The molecule has 1 aromatic carbocycles. The number of nitrogens with one attached hydrogen (secondary N) is 2. The minimum absolute atomic E-state index is 0.410. The summed E-state index contributed by atoms with van der Waals surface area (Å²) in [6.07, 6.45) is 1.42. The van der Waals surface area contributed by atoms with Gasteiger partial charge < -0.3 is 16.5 Å². The highest BCUT2D eigenvalue weighted by atomic mass is 35.5. The predicted molar refractivity (Wildman–Crippen MR) is 83.5 cm³/mol. The van der Waals surface area contributed by atoms with Gasteiger partial charge in [-0.15, -0.1) is 0 Å². The van der Waals surface area contributed by atoms with E-state index in [0.29, 0.717) is 27.4 Å². The molecule has 0 atom stereocenters. The van der Waals surface area contributed by atoms with Gasteiger partial charge in [0.25, 0.3) is 0 Å². The summed E-state index contributed by atoms with van der Waals surface area (Å²) in [5, 5.41) is 5.76. The molecule has 0 aliphatic heterocycles. The monoisotopic (exact) mass is 312 g/mol. The van der Waals surface area contributed by atoms with Crippen LogP contribution in [0.25, 0.3) is 0 Å². The van der Waals surface area contributed by atoms with Gasteiger partial charge in [-0.1, -0.05) is 23.2 Å². The number of aromatic nitrogens is 2. The predicted octanol–water partition coefficient (Wildman–Crippen LogP) is 3.00. The van der Waals surface area contributed by atoms with Gasteiger partial charge in [-0.25, -0.2) is 15.0 Å². The Morgan fingerprint density at radius 1 is 1.10 bits per heavy atom. The number of anilines is 4. The molecule has 0 saturated carbocycles. The topological polar surface area (TPSA) is 79.1 Å². The number of hydrogen-bond donors (Lipinski definition) is 3. The van der Waals surface area contributed by atoms with Gasteiger partial charge in [-0.05, 0) is 18.2 Å². The zero-order chi connectivity index (χ0) is 14.7. The lowest BCUT2D eigenvalue weighted by Gasteiger charge is -2.16.